The first-order valence-electron chi connectivity index (χ1n) is 8.98. The number of nitrogens with zero attached hydrogens (tertiary/aromatic N) is 4. The van der Waals surface area contributed by atoms with Gasteiger partial charge in [0.1, 0.15) is 11.9 Å². The zero-order valence-electron chi connectivity index (χ0n) is 15.0. The van der Waals surface area contributed by atoms with E-state index < -0.39 is 6.10 Å². The first kappa shape index (κ1) is 17.4. The Morgan fingerprint density at radius 3 is 2.63 bits per heavy atom. The largest absolute Gasteiger partial charge is 0.385 e. The van der Waals surface area contributed by atoms with Gasteiger partial charge in [-0.15, -0.1) is 0 Å². The first-order chi connectivity index (χ1) is 13.1. The van der Waals surface area contributed by atoms with Gasteiger partial charge in [-0.25, -0.2) is 10.1 Å². The van der Waals surface area contributed by atoms with Gasteiger partial charge in [0.2, 0.25) is 0 Å². The highest BCUT2D eigenvalue weighted by atomic mass is 16.3. The van der Waals surface area contributed by atoms with E-state index in [9.17, 15) is 14.7 Å². The van der Waals surface area contributed by atoms with Gasteiger partial charge >= 0.3 is 0 Å². The van der Waals surface area contributed by atoms with Crippen LogP contribution in [0.2, 0.25) is 0 Å². The summed E-state index contributed by atoms with van der Waals surface area (Å²) in [5, 5.41) is 18.0. The summed E-state index contributed by atoms with van der Waals surface area (Å²) in [4.78, 5) is 30.8. The zero-order chi connectivity index (χ0) is 19.0. The van der Waals surface area contributed by atoms with Crippen LogP contribution in [0.25, 0.3) is 10.8 Å². The van der Waals surface area contributed by atoms with Crippen molar-refractivity contribution >= 4 is 16.7 Å². The van der Waals surface area contributed by atoms with Crippen LogP contribution in [0.4, 0.5) is 0 Å². The number of benzene rings is 1. The van der Waals surface area contributed by atoms with Gasteiger partial charge in [-0.2, -0.15) is 5.10 Å². The normalized spacial score (nSPS) is 16.6. The van der Waals surface area contributed by atoms with Crippen LogP contribution in [-0.4, -0.2) is 48.8 Å². The second-order valence-electron chi connectivity index (χ2n) is 6.92. The Kier molecular flexibility index (Phi) is 4.49. The fourth-order valence-corrected chi connectivity index (χ4v) is 3.72. The number of nitrogens with one attached hydrogen (secondary N) is 1. The SMILES string of the molecule is Cn1ccnc1[C@H](O)C1CCN(C(=O)c2n[nH]c(=O)c3ccccc23)CC1. The second-order valence-corrected chi connectivity index (χ2v) is 6.92. The maximum Gasteiger partial charge on any atom is 0.274 e. The van der Waals surface area contributed by atoms with Gasteiger partial charge in [0, 0.05) is 37.9 Å². The van der Waals surface area contributed by atoms with Crippen molar-refractivity contribution in [3.63, 3.8) is 0 Å². The van der Waals surface area contributed by atoms with Crippen molar-refractivity contribution in [2.45, 2.75) is 18.9 Å². The van der Waals surface area contributed by atoms with E-state index in [0.717, 1.165) is 0 Å². The summed E-state index contributed by atoms with van der Waals surface area (Å²) in [7, 11) is 1.86. The number of aliphatic hydroxyl groups excluding tert-OH is 1. The molecule has 0 aliphatic carbocycles. The van der Waals surface area contributed by atoms with Crippen LogP contribution in [0.1, 0.15) is 35.3 Å². The average molecular weight is 367 g/mol. The predicted octanol–water partition coefficient (Wildman–Crippen LogP) is 1.24. The highest BCUT2D eigenvalue weighted by Gasteiger charge is 2.31. The molecule has 2 aromatic heterocycles. The minimum absolute atomic E-state index is 0.0513. The smallest absolute Gasteiger partial charge is 0.274 e. The summed E-state index contributed by atoms with van der Waals surface area (Å²) in [6, 6.07) is 6.97. The summed E-state index contributed by atoms with van der Waals surface area (Å²) < 4.78 is 1.82. The number of aromatic nitrogens is 4. The molecule has 1 amide bonds. The molecule has 0 bridgehead atoms. The van der Waals surface area contributed by atoms with Crippen molar-refractivity contribution in [3.05, 3.63) is 58.5 Å². The standard InChI is InChI=1S/C19H21N5O3/c1-23-11-8-20-17(23)16(25)12-6-9-24(10-7-12)19(27)15-13-4-2-3-5-14(13)18(26)22-21-15/h2-5,8,11-12,16,25H,6-7,9-10H2,1H3,(H,22,26)/t16-/m1/s1. The molecule has 3 heterocycles. The van der Waals surface area contributed by atoms with Crippen molar-refractivity contribution in [1.82, 2.24) is 24.6 Å². The number of aliphatic hydroxyl groups is 1. The average Bonchev–Trinajstić information content (AvgIpc) is 3.13. The molecule has 8 heteroatoms. The van der Waals surface area contributed by atoms with Crippen molar-refractivity contribution in [3.8, 4) is 0 Å². The molecule has 1 aromatic carbocycles. The van der Waals surface area contributed by atoms with Crippen LogP contribution in [0.5, 0.6) is 0 Å². The molecule has 2 N–H and O–H groups in total. The van der Waals surface area contributed by atoms with E-state index in [-0.39, 0.29) is 23.1 Å². The summed E-state index contributed by atoms with van der Waals surface area (Å²) in [5.74, 6) is 0.496. The van der Waals surface area contributed by atoms with Gasteiger partial charge in [0.05, 0.1) is 5.39 Å². The molecule has 1 aliphatic heterocycles. The van der Waals surface area contributed by atoms with Gasteiger partial charge in [0.15, 0.2) is 5.69 Å². The van der Waals surface area contributed by atoms with Gasteiger partial charge in [-0.3, -0.25) is 9.59 Å². The highest BCUT2D eigenvalue weighted by Crippen LogP contribution is 2.30. The minimum atomic E-state index is -0.644. The third-order valence-corrected chi connectivity index (χ3v) is 5.29. The molecule has 27 heavy (non-hydrogen) atoms. The lowest BCUT2D eigenvalue weighted by atomic mass is 9.90. The van der Waals surface area contributed by atoms with Crippen molar-refractivity contribution in [2.75, 3.05) is 13.1 Å². The van der Waals surface area contributed by atoms with Gasteiger partial charge < -0.3 is 14.6 Å². The Hall–Kier alpha value is -3.00. The van der Waals surface area contributed by atoms with Crippen LogP contribution < -0.4 is 5.56 Å². The molecular formula is C19H21N5O3. The lowest BCUT2D eigenvalue weighted by Crippen LogP contribution is -2.40. The number of fused-ring (bicyclic) bond motifs is 1. The van der Waals surface area contributed by atoms with Crippen molar-refractivity contribution < 1.29 is 9.90 Å². The number of imidazole rings is 1. The Morgan fingerprint density at radius 2 is 1.96 bits per heavy atom. The number of aromatic amines is 1. The monoisotopic (exact) mass is 367 g/mol. The van der Waals surface area contributed by atoms with E-state index in [1.165, 1.54) is 0 Å². The molecule has 0 unspecified atom stereocenters. The van der Waals surface area contributed by atoms with E-state index >= 15 is 0 Å². The lowest BCUT2D eigenvalue weighted by molar-refractivity contribution is 0.0417. The van der Waals surface area contributed by atoms with Crippen molar-refractivity contribution in [2.24, 2.45) is 13.0 Å². The quantitative estimate of drug-likeness (QED) is 0.725. The first-order valence-corrected chi connectivity index (χ1v) is 8.98. The molecule has 3 aromatic rings. The molecule has 4 rings (SSSR count). The third kappa shape index (κ3) is 3.12. The number of H-pyrrole nitrogens is 1. The van der Waals surface area contributed by atoms with Crippen molar-refractivity contribution in [1.29, 1.82) is 0 Å². The minimum Gasteiger partial charge on any atom is -0.385 e. The molecule has 0 saturated carbocycles. The van der Waals surface area contributed by atoms with Crippen LogP contribution in [-0.2, 0) is 7.05 Å². The molecule has 1 fully saturated rings. The number of carbonyl (C=O) groups excluding carboxylic acids is 1. The molecule has 140 valence electrons. The number of piperidine rings is 1. The molecule has 8 nitrogen and oxygen atoms in total. The fraction of sp³-hybridized carbons (Fsp3) is 0.368. The predicted molar refractivity (Wildman–Crippen MR) is 99.2 cm³/mol. The van der Waals surface area contributed by atoms with Crippen LogP contribution >= 0.6 is 0 Å². The second kappa shape index (κ2) is 6.96. The van der Waals surface area contributed by atoms with Gasteiger partial charge in [0.25, 0.3) is 11.5 Å². The van der Waals surface area contributed by atoms with E-state index in [4.69, 9.17) is 0 Å². The third-order valence-electron chi connectivity index (χ3n) is 5.29. The number of hydrogen-bond donors (Lipinski definition) is 2. The number of likely N-dealkylation sites (tertiary alicyclic amines) is 1. The zero-order valence-corrected chi connectivity index (χ0v) is 15.0. The van der Waals surface area contributed by atoms with Crippen LogP contribution in [0, 0.1) is 5.92 Å². The number of carbonyl (C=O) groups is 1. The molecule has 1 saturated heterocycles. The number of hydrogen-bond acceptors (Lipinski definition) is 5. The fourth-order valence-electron chi connectivity index (χ4n) is 3.72. The lowest BCUT2D eigenvalue weighted by Gasteiger charge is -2.33. The van der Waals surface area contributed by atoms with Gasteiger partial charge in [-0.1, -0.05) is 18.2 Å². The summed E-state index contributed by atoms with van der Waals surface area (Å²) in [5.41, 5.74) is -0.0488. The molecule has 1 aliphatic rings. The molecule has 0 spiro atoms. The summed E-state index contributed by atoms with van der Waals surface area (Å²) >= 11 is 0. The summed E-state index contributed by atoms with van der Waals surface area (Å²) in [6.07, 6.45) is 4.20. The van der Waals surface area contributed by atoms with Gasteiger partial charge in [-0.05, 0) is 24.8 Å². The maximum absolute atomic E-state index is 12.9. The van der Waals surface area contributed by atoms with Crippen LogP contribution in [0.15, 0.2) is 41.5 Å². The van der Waals surface area contributed by atoms with E-state index in [1.807, 2.05) is 17.8 Å². The van der Waals surface area contributed by atoms with Crippen LogP contribution in [0.3, 0.4) is 0 Å². The molecule has 0 radical (unpaired) electrons. The number of rotatable bonds is 3. The molecular weight excluding hydrogens is 346 g/mol. The summed E-state index contributed by atoms with van der Waals surface area (Å²) in [6.45, 7) is 1.06. The highest BCUT2D eigenvalue weighted by molar-refractivity contribution is 6.04. The van der Waals surface area contributed by atoms with E-state index in [1.54, 1.807) is 35.4 Å². The van der Waals surface area contributed by atoms with E-state index in [0.29, 0.717) is 42.5 Å². The van der Waals surface area contributed by atoms with E-state index in [2.05, 4.69) is 15.2 Å². The Balaban J connectivity index is 1.50. The Morgan fingerprint density at radius 1 is 1.26 bits per heavy atom. The Bertz CT molecular complexity index is 1030. The number of aryl methyl sites for hydroxylation is 1. The topological polar surface area (TPSA) is 104 Å². The Labute approximate surface area is 155 Å². The number of amides is 1. The maximum atomic E-state index is 12.9. The molecule has 1 atom stereocenters.